The fourth-order valence-electron chi connectivity index (χ4n) is 2.74. The van der Waals surface area contributed by atoms with E-state index in [2.05, 4.69) is 0 Å². The lowest BCUT2D eigenvalue weighted by Gasteiger charge is -2.21. The Hall–Kier alpha value is -1.55. The van der Waals surface area contributed by atoms with Crippen LogP contribution in [0.15, 0.2) is 18.2 Å². The standard InChI is InChI=1S/C18H27NO3/c1-14(2)22-13-16-12-15(8-9-17(16)21-3)18(20)19-10-6-4-5-7-11-19/h8-9,12,14H,4-7,10-11,13H2,1-3H3. The molecule has 4 nitrogen and oxygen atoms in total. The second kappa shape index (κ2) is 8.18. The highest BCUT2D eigenvalue weighted by Crippen LogP contribution is 2.23. The molecule has 4 heteroatoms. The minimum Gasteiger partial charge on any atom is -0.496 e. The molecule has 1 aliphatic rings. The normalized spacial score (nSPS) is 15.7. The van der Waals surface area contributed by atoms with Crippen molar-refractivity contribution in [3.05, 3.63) is 29.3 Å². The number of rotatable bonds is 5. The summed E-state index contributed by atoms with van der Waals surface area (Å²) in [5.74, 6) is 0.892. The third-order valence-corrected chi connectivity index (χ3v) is 3.99. The Morgan fingerprint density at radius 2 is 1.86 bits per heavy atom. The topological polar surface area (TPSA) is 38.8 Å². The number of ether oxygens (including phenoxy) is 2. The van der Waals surface area contributed by atoms with Gasteiger partial charge in [-0.1, -0.05) is 12.8 Å². The maximum absolute atomic E-state index is 12.7. The molecule has 1 aliphatic heterocycles. The largest absolute Gasteiger partial charge is 0.496 e. The zero-order valence-corrected chi connectivity index (χ0v) is 13.9. The highest BCUT2D eigenvalue weighted by molar-refractivity contribution is 5.94. The Bertz CT molecular complexity index is 491. The summed E-state index contributed by atoms with van der Waals surface area (Å²) in [6.07, 6.45) is 4.80. The minimum atomic E-state index is 0.121. The van der Waals surface area contributed by atoms with Crippen molar-refractivity contribution in [1.29, 1.82) is 0 Å². The van der Waals surface area contributed by atoms with Crippen molar-refractivity contribution >= 4 is 5.91 Å². The molecule has 0 spiro atoms. The van der Waals surface area contributed by atoms with Crippen LogP contribution in [0.4, 0.5) is 0 Å². The van der Waals surface area contributed by atoms with Gasteiger partial charge in [0.25, 0.3) is 5.91 Å². The number of benzene rings is 1. The van der Waals surface area contributed by atoms with Crippen LogP contribution in [0.25, 0.3) is 0 Å². The fraction of sp³-hybridized carbons (Fsp3) is 0.611. The number of nitrogens with zero attached hydrogens (tertiary/aromatic N) is 1. The third kappa shape index (κ3) is 4.47. The van der Waals surface area contributed by atoms with Crippen molar-refractivity contribution in [2.24, 2.45) is 0 Å². The molecule has 1 saturated heterocycles. The van der Waals surface area contributed by atoms with E-state index in [1.807, 2.05) is 36.9 Å². The van der Waals surface area contributed by atoms with Gasteiger partial charge in [0, 0.05) is 24.2 Å². The lowest BCUT2D eigenvalue weighted by atomic mass is 10.1. The van der Waals surface area contributed by atoms with Gasteiger partial charge in [0.1, 0.15) is 5.75 Å². The van der Waals surface area contributed by atoms with Crippen molar-refractivity contribution in [1.82, 2.24) is 4.90 Å². The van der Waals surface area contributed by atoms with Gasteiger partial charge in [-0.05, 0) is 44.9 Å². The van der Waals surface area contributed by atoms with Crippen molar-refractivity contribution in [2.45, 2.75) is 52.2 Å². The monoisotopic (exact) mass is 305 g/mol. The molecular formula is C18H27NO3. The van der Waals surface area contributed by atoms with E-state index in [1.54, 1.807) is 7.11 Å². The highest BCUT2D eigenvalue weighted by Gasteiger charge is 2.18. The fourth-order valence-corrected chi connectivity index (χ4v) is 2.74. The van der Waals surface area contributed by atoms with Gasteiger partial charge in [-0.25, -0.2) is 0 Å². The van der Waals surface area contributed by atoms with Crippen LogP contribution in [0.5, 0.6) is 5.75 Å². The van der Waals surface area contributed by atoms with Gasteiger partial charge >= 0.3 is 0 Å². The second-order valence-corrected chi connectivity index (χ2v) is 6.09. The summed E-state index contributed by atoms with van der Waals surface area (Å²) < 4.78 is 11.0. The number of hydrogen-bond donors (Lipinski definition) is 0. The predicted molar refractivity (Wildman–Crippen MR) is 87.3 cm³/mol. The van der Waals surface area contributed by atoms with E-state index < -0.39 is 0 Å². The van der Waals surface area contributed by atoms with Crippen LogP contribution in [0.3, 0.4) is 0 Å². The molecule has 0 aliphatic carbocycles. The quantitative estimate of drug-likeness (QED) is 0.833. The molecule has 0 atom stereocenters. The van der Waals surface area contributed by atoms with Gasteiger partial charge in [0.15, 0.2) is 0 Å². The maximum Gasteiger partial charge on any atom is 0.253 e. The lowest BCUT2D eigenvalue weighted by Crippen LogP contribution is -2.31. The van der Waals surface area contributed by atoms with E-state index in [1.165, 1.54) is 12.8 Å². The molecule has 1 aromatic carbocycles. The molecule has 22 heavy (non-hydrogen) atoms. The number of methoxy groups -OCH3 is 1. The minimum absolute atomic E-state index is 0.121. The zero-order valence-electron chi connectivity index (χ0n) is 13.9. The van der Waals surface area contributed by atoms with Gasteiger partial charge in [-0.15, -0.1) is 0 Å². The van der Waals surface area contributed by atoms with E-state index in [-0.39, 0.29) is 12.0 Å². The molecule has 0 N–H and O–H groups in total. The van der Waals surface area contributed by atoms with Gasteiger partial charge in [0.2, 0.25) is 0 Å². The predicted octanol–water partition coefficient (Wildman–Crippen LogP) is 3.64. The Balaban J connectivity index is 2.15. The number of likely N-dealkylation sites (tertiary alicyclic amines) is 1. The second-order valence-electron chi connectivity index (χ2n) is 6.09. The smallest absolute Gasteiger partial charge is 0.253 e. The van der Waals surface area contributed by atoms with Gasteiger partial charge in [-0.3, -0.25) is 4.79 Å². The third-order valence-electron chi connectivity index (χ3n) is 3.99. The van der Waals surface area contributed by atoms with Gasteiger partial charge in [0.05, 0.1) is 19.8 Å². The number of carbonyl (C=O) groups is 1. The maximum atomic E-state index is 12.7. The van der Waals surface area contributed by atoms with E-state index in [0.717, 1.165) is 42.8 Å². The SMILES string of the molecule is COc1ccc(C(=O)N2CCCCCC2)cc1COC(C)C. The Morgan fingerprint density at radius 3 is 2.45 bits per heavy atom. The van der Waals surface area contributed by atoms with Crippen LogP contribution >= 0.6 is 0 Å². The summed E-state index contributed by atoms with van der Waals surface area (Å²) in [4.78, 5) is 14.7. The molecule has 1 amide bonds. The molecule has 0 aromatic heterocycles. The highest BCUT2D eigenvalue weighted by atomic mass is 16.5. The molecule has 0 saturated carbocycles. The van der Waals surface area contributed by atoms with Gasteiger partial charge < -0.3 is 14.4 Å². The molecule has 1 heterocycles. The number of carbonyl (C=O) groups excluding carboxylic acids is 1. The first kappa shape index (κ1) is 16.8. The first-order valence-electron chi connectivity index (χ1n) is 8.19. The summed E-state index contributed by atoms with van der Waals surface area (Å²) >= 11 is 0. The van der Waals surface area contributed by atoms with Crippen LogP contribution in [-0.4, -0.2) is 37.1 Å². The van der Waals surface area contributed by atoms with E-state index in [9.17, 15) is 4.79 Å². The Kier molecular flexibility index (Phi) is 6.25. The van der Waals surface area contributed by atoms with Crippen molar-refractivity contribution in [2.75, 3.05) is 20.2 Å². The molecule has 0 bridgehead atoms. The average molecular weight is 305 g/mol. The molecule has 2 rings (SSSR count). The van der Waals surface area contributed by atoms with Crippen LogP contribution in [0.2, 0.25) is 0 Å². The van der Waals surface area contributed by atoms with E-state index >= 15 is 0 Å². The van der Waals surface area contributed by atoms with Crippen LogP contribution < -0.4 is 4.74 Å². The molecular weight excluding hydrogens is 278 g/mol. The van der Waals surface area contributed by atoms with Crippen LogP contribution in [0.1, 0.15) is 55.5 Å². The van der Waals surface area contributed by atoms with E-state index in [4.69, 9.17) is 9.47 Å². The number of hydrogen-bond acceptors (Lipinski definition) is 3. The van der Waals surface area contributed by atoms with E-state index in [0.29, 0.717) is 6.61 Å². The average Bonchev–Trinajstić information content (AvgIpc) is 2.81. The van der Waals surface area contributed by atoms with Crippen molar-refractivity contribution in [3.8, 4) is 5.75 Å². The summed E-state index contributed by atoms with van der Waals surface area (Å²) in [6, 6.07) is 5.63. The Morgan fingerprint density at radius 1 is 1.18 bits per heavy atom. The van der Waals surface area contributed by atoms with Gasteiger partial charge in [-0.2, -0.15) is 0 Å². The Labute approximate surface area is 133 Å². The molecule has 1 aromatic rings. The summed E-state index contributed by atoms with van der Waals surface area (Å²) in [6.45, 7) is 6.19. The van der Waals surface area contributed by atoms with Crippen molar-refractivity contribution < 1.29 is 14.3 Å². The molecule has 1 fully saturated rings. The molecule has 122 valence electrons. The summed E-state index contributed by atoms with van der Waals surface area (Å²) in [5, 5.41) is 0. The molecule has 0 radical (unpaired) electrons. The number of amides is 1. The first-order valence-corrected chi connectivity index (χ1v) is 8.19. The first-order chi connectivity index (χ1) is 10.6. The lowest BCUT2D eigenvalue weighted by molar-refractivity contribution is 0.0642. The summed E-state index contributed by atoms with van der Waals surface area (Å²) in [7, 11) is 1.64. The van der Waals surface area contributed by atoms with Crippen molar-refractivity contribution in [3.63, 3.8) is 0 Å². The van der Waals surface area contributed by atoms with Crippen LogP contribution in [-0.2, 0) is 11.3 Å². The van der Waals surface area contributed by atoms with Crippen LogP contribution in [0, 0.1) is 0 Å². The molecule has 0 unspecified atom stereocenters. The zero-order chi connectivity index (χ0) is 15.9. The summed E-state index contributed by atoms with van der Waals surface area (Å²) in [5.41, 5.74) is 1.65.